The number of rotatable bonds is 5. The molecule has 1 aromatic heterocycles. The summed E-state index contributed by atoms with van der Waals surface area (Å²) in [4.78, 5) is 33.7. The van der Waals surface area contributed by atoms with Crippen molar-refractivity contribution in [3.8, 4) is 11.1 Å². The molecule has 2 N–H and O–H groups in total. The molecule has 174 valence electrons. The summed E-state index contributed by atoms with van der Waals surface area (Å²) >= 11 is 0. The van der Waals surface area contributed by atoms with Gasteiger partial charge in [0, 0.05) is 30.2 Å². The Bertz CT molecular complexity index is 1180. The number of nitrogens with one attached hydrogen (secondary N) is 1. The number of hydrogen-bond donors (Lipinski definition) is 2. The number of fused-ring (bicyclic) bond motifs is 3. The molecule has 0 spiro atoms. The maximum atomic E-state index is 13.3. The van der Waals surface area contributed by atoms with Gasteiger partial charge in [0.15, 0.2) is 6.54 Å². The Hall–Kier alpha value is -3.62. The van der Waals surface area contributed by atoms with Crippen LogP contribution in [0.25, 0.3) is 11.1 Å². The van der Waals surface area contributed by atoms with Gasteiger partial charge < -0.3 is 19.6 Å². The predicted octanol–water partition coefficient (Wildman–Crippen LogP) is 2.48. The van der Waals surface area contributed by atoms with Gasteiger partial charge in [-0.05, 0) is 17.2 Å². The maximum absolute atomic E-state index is 13.3. The first kappa shape index (κ1) is 22.2. The van der Waals surface area contributed by atoms with Crippen molar-refractivity contribution in [1.29, 1.82) is 0 Å². The number of nitrogens with zero attached hydrogens (tertiary/aromatic N) is 3. The lowest BCUT2D eigenvalue weighted by atomic mass is 9.91. The topological polar surface area (TPSA) is 101 Å². The fourth-order valence-electron chi connectivity index (χ4n) is 5.01. The van der Waals surface area contributed by atoms with Gasteiger partial charge in [-0.1, -0.05) is 48.5 Å². The summed E-state index contributed by atoms with van der Waals surface area (Å²) in [6.45, 7) is 1.66. The zero-order chi connectivity index (χ0) is 23.8. The number of amides is 1. The van der Waals surface area contributed by atoms with Crippen LogP contribution in [-0.4, -0.2) is 64.2 Å². The summed E-state index contributed by atoms with van der Waals surface area (Å²) in [7, 11) is 2.02. The molecule has 34 heavy (non-hydrogen) atoms. The maximum Gasteiger partial charge on any atom is 0.348 e. The number of carbonyl (C=O) groups is 2. The van der Waals surface area contributed by atoms with E-state index in [0.717, 1.165) is 11.1 Å². The second-order valence-electron chi connectivity index (χ2n) is 9.27. The van der Waals surface area contributed by atoms with Crippen LogP contribution in [0.4, 0.5) is 5.82 Å². The molecule has 0 saturated carbocycles. The van der Waals surface area contributed by atoms with Crippen molar-refractivity contribution in [3.63, 3.8) is 0 Å². The number of benzene rings is 2. The third-order valence-electron chi connectivity index (χ3n) is 6.85. The van der Waals surface area contributed by atoms with Crippen LogP contribution in [-0.2, 0) is 19.9 Å². The van der Waals surface area contributed by atoms with Crippen molar-refractivity contribution < 1.29 is 23.9 Å². The smallest absolute Gasteiger partial charge is 0.348 e. The minimum Gasteiger partial charge on any atom is -0.459 e. The van der Waals surface area contributed by atoms with Crippen molar-refractivity contribution in [2.75, 3.05) is 32.0 Å². The van der Waals surface area contributed by atoms with Crippen LogP contribution in [0.1, 0.15) is 24.0 Å². The van der Waals surface area contributed by atoms with Gasteiger partial charge in [-0.25, -0.2) is 14.8 Å². The fraction of sp³-hybridized carbons (Fsp3) is 0.308. The molecule has 1 fully saturated rings. The highest BCUT2D eigenvalue weighted by Crippen LogP contribution is 2.48. The minimum absolute atomic E-state index is 0.120. The monoisotopic (exact) mass is 459 g/mol. The van der Waals surface area contributed by atoms with Crippen LogP contribution in [0.2, 0.25) is 0 Å². The lowest BCUT2D eigenvalue weighted by Crippen LogP contribution is -2.55. The van der Waals surface area contributed by atoms with E-state index >= 15 is 0 Å². The highest BCUT2D eigenvalue weighted by Gasteiger charge is 2.50. The molecule has 0 atom stereocenters. The Morgan fingerprint density at radius 1 is 1.06 bits per heavy atom. The third kappa shape index (κ3) is 3.95. The van der Waals surface area contributed by atoms with Crippen molar-refractivity contribution in [2.24, 2.45) is 0 Å². The van der Waals surface area contributed by atoms with E-state index in [1.165, 1.54) is 6.33 Å². The van der Waals surface area contributed by atoms with E-state index in [0.29, 0.717) is 53.9 Å². The molecule has 8 nitrogen and oxygen atoms in total. The number of quaternary nitrogens is 1. The van der Waals surface area contributed by atoms with Gasteiger partial charge in [-0.15, -0.1) is 0 Å². The van der Waals surface area contributed by atoms with Crippen LogP contribution in [0.15, 0.2) is 67.1 Å². The SMILES string of the molecule is C[N+]1(CC(=O)Nc2ccncn2)CCC(OC(=O)C2(O)c3ccccc3-c3ccccc32)CC1. The van der Waals surface area contributed by atoms with Crippen LogP contribution >= 0.6 is 0 Å². The molecule has 0 bridgehead atoms. The highest BCUT2D eigenvalue weighted by molar-refractivity contribution is 5.96. The number of hydrogen-bond acceptors (Lipinski definition) is 6. The van der Waals surface area contributed by atoms with Crippen molar-refractivity contribution in [1.82, 2.24) is 9.97 Å². The lowest BCUT2D eigenvalue weighted by Gasteiger charge is -2.40. The first-order chi connectivity index (χ1) is 16.4. The zero-order valence-electron chi connectivity index (χ0n) is 19.0. The van der Waals surface area contributed by atoms with Gasteiger partial charge in [0.05, 0.1) is 20.1 Å². The molecular weight excluding hydrogens is 432 g/mol. The fourth-order valence-corrected chi connectivity index (χ4v) is 5.01. The largest absolute Gasteiger partial charge is 0.459 e. The number of ether oxygens (including phenoxy) is 1. The van der Waals surface area contributed by atoms with E-state index in [1.807, 2.05) is 43.4 Å². The molecule has 5 rings (SSSR count). The van der Waals surface area contributed by atoms with Crippen LogP contribution in [0, 0.1) is 0 Å². The van der Waals surface area contributed by atoms with E-state index in [1.54, 1.807) is 24.4 Å². The second-order valence-corrected chi connectivity index (χ2v) is 9.27. The van der Waals surface area contributed by atoms with E-state index in [2.05, 4.69) is 15.3 Å². The summed E-state index contributed by atoms with van der Waals surface area (Å²) in [6, 6.07) is 16.5. The van der Waals surface area contributed by atoms with E-state index in [9.17, 15) is 14.7 Å². The van der Waals surface area contributed by atoms with Gasteiger partial charge in [0.2, 0.25) is 5.60 Å². The van der Waals surface area contributed by atoms with Gasteiger partial charge in [-0.2, -0.15) is 0 Å². The number of likely N-dealkylation sites (N-methyl/N-ethyl adjacent to an activating group) is 1. The minimum atomic E-state index is -1.82. The number of carbonyl (C=O) groups excluding carboxylic acids is 2. The standard InChI is InChI=1S/C26H26N4O4/c1-30(16-24(31)29-23-10-13-27-17-28-23)14-11-18(12-15-30)34-25(32)26(33)21-8-4-2-6-19(21)20-7-3-5-9-22(20)26/h2-10,13,17-18,33H,11-12,14-16H2,1H3/p+1. The van der Waals surface area contributed by atoms with E-state index in [-0.39, 0.29) is 12.0 Å². The van der Waals surface area contributed by atoms with Crippen molar-refractivity contribution in [3.05, 3.63) is 78.2 Å². The molecule has 3 aromatic rings. The molecule has 8 heteroatoms. The molecule has 1 aliphatic carbocycles. The Morgan fingerprint density at radius 2 is 1.68 bits per heavy atom. The van der Waals surface area contributed by atoms with Gasteiger partial charge in [0.25, 0.3) is 5.91 Å². The molecule has 2 aliphatic rings. The summed E-state index contributed by atoms with van der Waals surface area (Å²) < 4.78 is 6.41. The number of aliphatic hydroxyl groups is 1. The molecule has 0 radical (unpaired) electrons. The van der Waals surface area contributed by atoms with Crippen molar-refractivity contribution in [2.45, 2.75) is 24.5 Å². The Morgan fingerprint density at radius 3 is 2.26 bits per heavy atom. The number of piperidine rings is 1. The highest BCUT2D eigenvalue weighted by atomic mass is 16.6. The normalized spacial score (nSPS) is 22.4. The number of likely N-dealkylation sites (tertiary alicyclic amines) is 1. The van der Waals surface area contributed by atoms with E-state index < -0.39 is 11.6 Å². The molecule has 1 amide bonds. The average molecular weight is 460 g/mol. The van der Waals surface area contributed by atoms with Gasteiger partial charge in [0.1, 0.15) is 18.2 Å². The first-order valence-corrected chi connectivity index (χ1v) is 11.4. The van der Waals surface area contributed by atoms with Gasteiger partial charge >= 0.3 is 5.97 Å². The quantitative estimate of drug-likeness (QED) is 0.449. The van der Waals surface area contributed by atoms with Crippen LogP contribution in [0.3, 0.4) is 0 Å². The summed E-state index contributed by atoms with van der Waals surface area (Å²) in [5, 5.41) is 14.4. The molecule has 1 aliphatic heterocycles. The predicted molar refractivity (Wildman–Crippen MR) is 125 cm³/mol. The van der Waals surface area contributed by atoms with Crippen molar-refractivity contribution >= 4 is 17.7 Å². The summed E-state index contributed by atoms with van der Waals surface area (Å²) in [5.74, 6) is -0.293. The second kappa shape index (κ2) is 8.62. The number of aromatic nitrogens is 2. The van der Waals surface area contributed by atoms with Crippen LogP contribution in [0.5, 0.6) is 0 Å². The summed E-state index contributed by atoms with van der Waals surface area (Å²) in [6.07, 6.45) is 3.88. The van der Waals surface area contributed by atoms with E-state index in [4.69, 9.17) is 4.74 Å². The zero-order valence-corrected chi connectivity index (χ0v) is 19.0. The molecule has 2 aromatic carbocycles. The number of esters is 1. The number of anilines is 1. The first-order valence-electron chi connectivity index (χ1n) is 11.4. The molecule has 2 heterocycles. The van der Waals surface area contributed by atoms with Gasteiger partial charge in [-0.3, -0.25) is 4.79 Å². The Balaban J connectivity index is 1.24. The molecule has 1 saturated heterocycles. The lowest BCUT2D eigenvalue weighted by molar-refractivity contribution is -0.907. The molecule has 0 unspecified atom stereocenters. The van der Waals surface area contributed by atoms with Crippen LogP contribution < -0.4 is 5.32 Å². The third-order valence-corrected chi connectivity index (χ3v) is 6.85. The average Bonchev–Trinajstić information content (AvgIpc) is 3.11. The summed E-state index contributed by atoms with van der Waals surface area (Å²) in [5.41, 5.74) is 0.985. The Kier molecular flexibility index (Phi) is 5.63. The Labute approximate surface area is 197 Å². The molecular formula is C26H27N4O4+.